The first-order chi connectivity index (χ1) is 17.9. The van der Waals surface area contributed by atoms with Gasteiger partial charge in [0, 0.05) is 12.1 Å². The Kier molecular flexibility index (Phi) is 7.77. The summed E-state index contributed by atoms with van der Waals surface area (Å²) in [6.07, 6.45) is 0. The Hall–Kier alpha value is -4.33. The van der Waals surface area contributed by atoms with E-state index in [0.717, 1.165) is 0 Å². The lowest BCUT2D eigenvalue weighted by atomic mass is 9.94. The Morgan fingerprint density at radius 3 is 2.22 bits per heavy atom. The number of aliphatic hydroxyl groups is 1. The van der Waals surface area contributed by atoms with E-state index < -0.39 is 23.5 Å². The summed E-state index contributed by atoms with van der Waals surface area (Å²) >= 11 is 0. The molecule has 37 heavy (non-hydrogen) atoms. The zero-order valence-corrected chi connectivity index (χ0v) is 20.9. The fourth-order valence-electron chi connectivity index (χ4n) is 4.34. The van der Waals surface area contributed by atoms with Crippen molar-refractivity contribution in [2.75, 3.05) is 20.3 Å². The first-order valence-electron chi connectivity index (χ1n) is 11.9. The second-order valence-electron chi connectivity index (χ2n) is 8.35. The van der Waals surface area contributed by atoms with E-state index in [1.165, 1.54) is 24.1 Å². The number of carbonyl (C=O) groups is 2. The molecule has 0 aliphatic carbocycles. The number of ketones is 1. The summed E-state index contributed by atoms with van der Waals surface area (Å²) < 4.78 is 30.1. The van der Waals surface area contributed by atoms with E-state index in [0.29, 0.717) is 47.2 Å². The molecule has 192 valence electrons. The molecule has 0 spiro atoms. The third kappa shape index (κ3) is 5.28. The third-order valence-electron chi connectivity index (χ3n) is 6.05. The van der Waals surface area contributed by atoms with Crippen LogP contribution in [0.25, 0.3) is 5.76 Å². The van der Waals surface area contributed by atoms with Crippen LogP contribution < -0.4 is 14.2 Å². The van der Waals surface area contributed by atoms with Crippen LogP contribution in [0.4, 0.5) is 4.39 Å². The summed E-state index contributed by atoms with van der Waals surface area (Å²) in [7, 11) is 1.52. The van der Waals surface area contributed by atoms with Gasteiger partial charge in [-0.25, -0.2) is 4.39 Å². The van der Waals surface area contributed by atoms with Gasteiger partial charge in [-0.1, -0.05) is 18.2 Å². The predicted molar refractivity (Wildman–Crippen MR) is 136 cm³/mol. The zero-order valence-electron chi connectivity index (χ0n) is 20.9. The molecule has 1 saturated heterocycles. The molecule has 0 bridgehead atoms. The lowest BCUT2D eigenvalue weighted by molar-refractivity contribution is -0.140. The molecule has 4 rings (SSSR count). The van der Waals surface area contributed by atoms with Crippen LogP contribution in [0.15, 0.2) is 72.3 Å². The van der Waals surface area contributed by atoms with Gasteiger partial charge in [0.1, 0.15) is 17.3 Å². The number of methoxy groups -OCH3 is 1. The quantitative estimate of drug-likeness (QED) is 0.243. The van der Waals surface area contributed by atoms with Gasteiger partial charge in [-0.3, -0.25) is 9.59 Å². The molecule has 1 atom stereocenters. The van der Waals surface area contributed by atoms with Crippen LogP contribution in [0.2, 0.25) is 0 Å². The maximum atomic E-state index is 13.5. The van der Waals surface area contributed by atoms with E-state index in [1.54, 1.807) is 54.6 Å². The number of Topliss-reactive ketones (excluding diaryl/α,β-unsaturated/α-hetero) is 1. The summed E-state index contributed by atoms with van der Waals surface area (Å²) in [6, 6.07) is 16.5. The topological polar surface area (TPSA) is 85.3 Å². The number of likely N-dealkylation sites (tertiary alicyclic amines) is 1. The predicted octanol–water partition coefficient (Wildman–Crippen LogP) is 5.25. The molecular weight excluding hydrogens is 477 g/mol. The number of amides is 1. The van der Waals surface area contributed by atoms with Crippen molar-refractivity contribution in [3.05, 3.63) is 94.8 Å². The maximum Gasteiger partial charge on any atom is 0.295 e. The van der Waals surface area contributed by atoms with Crippen molar-refractivity contribution < 1.29 is 33.3 Å². The van der Waals surface area contributed by atoms with Crippen LogP contribution in [0.1, 0.15) is 36.6 Å². The van der Waals surface area contributed by atoms with Gasteiger partial charge in [-0.05, 0) is 73.5 Å². The molecule has 1 heterocycles. The van der Waals surface area contributed by atoms with Crippen molar-refractivity contribution in [3.63, 3.8) is 0 Å². The first kappa shape index (κ1) is 25.8. The number of halogens is 1. The number of hydrogen-bond acceptors (Lipinski definition) is 6. The number of ether oxygens (including phenoxy) is 3. The van der Waals surface area contributed by atoms with Gasteiger partial charge in [0.25, 0.3) is 11.7 Å². The number of nitrogens with zero attached hydrogens (tertiary/aromatic N) is 1. The largest absolute Gasteiger partial charge is 0.507 e. The van der Waals surface area contributed by atoms with Gasteiger partial charge in [0.15, 0.2) is 11.5 Å². The standard InChI is InChI=1S/C29H28FNO6/c1-4-36-22-13-8-19(9-14-22)27(32)25-26(20-10-15-23(35-3)24(16-20)37-5-2)31(29(34)28(25)33)17-18-6-11-21(30)12-7-18/h6-16,26,32H,4-5,17H2,1-3H3/b27-25-. The molecular formula is C29H28FNO6. The van der Waals surface area contributed by atoms with E-state index in [-0.39, 0.29) is 17.9 Å². The maximum absolute atomic E-state index is 13.5. The Bertz CT molecular complexity index is 1320. The minimum atomic E-state index is -0.915. The normalized spacial score (nSPS) is 16.6. The van der Waals surface area contributed by atoms with Gasteiger partial charge in [-0.15, -0.1) is 0 Å². The molecule has 3 aromatic carbocycles. The second kappa shape index (κ2) is 11.2. The molecule has 1 aliphatic heterocycles. The minimum absolute atomic E-state index is 0.0333. The smallest absolute Gasteiger partial charge is 0.295 e. The highest BCUT2D eigenvalue weighted by molar-refractivity contribution is 6.46. The SMILES string of the molecule is CCOc1ccc(/C(O)=C2/C(=O)C(=O)N(Cc3ccc(F)cc3)C2c2ccc(OC)c(OCC)c2)cc1. The number of aliphatic hydroxyl groups excluding tert-OH is 1. The summed E-state index contributed by atoms with van der Waals surface area (Å²) in [4.78, 5) is 27.9. The number of benzene rings is 3. The van der Waals surface area contributed by atoms with E-state index in [9.17, 15) is 19.1 Å². The van der Waals surface area contributed by atoms with Crippen LogP contribution in [0.5, 0.6) is 17.2 Å². The van der Waals surface area contributed by atoms with E-state index in [2.05, 4.69) is 0 Å². The average molecular weight is 506 g/mol. The molecule has 7 nitrogen and oxygen atoms in total. The molecule has 1 aliphatic rings. The fourth-order valence-corrected chi connectivity index (χ4v) is 4.34. The number of hydrogen-bond donors (Lipinski definition) is 1. The highest BCUT2D eigenvalue weighted by atomic mass is 19.1. The van der Waals surface area contributed by atoms with Crippen molar-refractivity contribution in [2.45, 2.75) is 26.4 Å². The monoisotopic (exact) mass is 505 g/mol. The molecule has 8 heteroatoms. The number of rotatable bonds is 9. The van der Waals surface area contributed by atoms with Crippen molar-refractivity contribution in [3.8, 4) is 17.2 Å². The van der Waals surface area contributed by atoms with Crippen LogP contribution in [-0.4, -0.2) is 42.0 Å². The molecule has 1 unspecified atom stereocenters. The Labute approximate surface area is 214 Å². The number of carbonyl (C=O) groups excluding carboxylic acids is 2. The van der Waals surface area contributed by atoms with E-state index >= 15 is 0 Å². The van der Waals surface area contributed by atoms with Crippen LogP contribution >= 0.6 is 0 Å². The lowest BCUT2D eigenvalue weighted by Gasteiger charge is -2.26. The highest BCUT2D eigenvalue weighted by Gasteiger charge is 2.46. The molecule has 0 saturated carbocycles. The van der Waals surface area contributed by atoms with Gasteiger partial charge in [0.2, 0.25) is 0 Å². The van der Waals surface area contributed by atoms with E-state index in [1.807, 2.05) is 13.8 Å². The van der Waals surface area contributed by atoms with Crippen LogP contribution in [0.3, 0.4) is 0 Å². The van der Waals surface area contributed by atoms with Crippen LogP contribution in [-0.2, 0) is 16.1 Å². The summed E-state index contributed by atoms with van der Waals surface area (Å²) in [6.45, 7) is 4.59. The van der Waals surface area contributed by atoms with Crippen LogP contribution in [0, 0.1) is 5.82 Å². The third-order valence-corrected chi connectivity index (χ3v) is 6.05. The Balaban J connectivity index is 1.85. The van der Waals surface area contributed by atoms with Crippen molar-refractivity contribution in [1.82, 2.24) is 4.90 Å². The molecule has 1 N–H and O–H groups in total. The average Bonchev–Trinajstić information content (AvgIpc) is 3.15. The van der Waals surface area contributed by atoms with Gasteiger partial charge < -0.3 is 24.2 Å². The molecule has 3 aromatic rings. The summed E-state index contributed by atoms with van der Waals surface area (Å²) in [5, 5.41) is 11.3. The second-order valence-corrected chi connectivity index (χ2v) is 8.35. The lowest BCUT2D eigenvalue weighted by Crippen LogP contribution is -2.29. The zero-order chi connectivity index (χ0) is 26.5. The highest BCUT2D eigenvalue weighted by Crippen LogP contribution is 2.42. The summed E-state index contributed by atoms with van der Waals surface area (Å²) in [5.74, 6) is -0.744. The molecule has 0 aromatic heterocycles. The first-order valence-corrected chi connectivity index (χ1v) is 11.9. The molecule has 1 fully saturated rings. The van der Waals surface area contributed by atoms with Crippen molar-refractivity contribution in [2.24, 2.45) is 0 Å². The van der Waals surface area contributed by atoms with E-state index in [4.69, 9.17) is 14.2 Å². The Morgan fingerprint density at radius 1 is 0.919 bits per heavy atom. The molecule has 0 radical (unpaired) electrons. The summed E-state index contributed by atoms with van der Waals surface area (Å²) in [5.41, 5.74) is 1.50. The Morgan fingerprint density at radius 2 is 1.59 bits per heavy atom. The minimum Gasteiger partial charge on any atom is -0.507 e. The van der Waals surface area contributed by atoms with Gasteiger partial charge in [0.05, 0.1) is 31.9 Å². The molecule has 1 amide bonds. The van der Waals surface area contributed by atoms with Gasteiger partial charge >= 0.3 is 0 Å². The fraction of sp³-hybridized carbons (Fsp3) is 0.241. The van der Waals surface area contributed by atoms with Crippen molar-refractivity contribution in [1.29, 1.82) is 0 Å². The van der Waals surface area contributed by atoms with Gasteiger partial charge in [-0.2, -0.15) is 0 Å². The van der Waals surface area contributed by atoms with Crippen molar-refractivity contribution >= 4 is 17.4 Å².